The van der Waals surface area contributed by atoms with Crippen molar-refractivity contribution in [2.45, 2.75) is 58.2 Å². The summed E-state index contributed by atoms with van der Waals surface area (Å²) in [6.07, 6.45) is 10.5. The van der Waals surface area contributed by atoms with Crippen LogP contribution in [0.5, 0.6) is 75.0 Å². The van der Waals surface area contributed by atoms with Crippen LogP contribution in [0.3, 0.4) is 0 Å². The van der Waals surface area contributed by atoms with Crippen LogP contribution in [0.15, 0.2) is 242 Å². The number of alkyl halides is 3. The van der Waals surface area contributed by atoms with E-state index in [1.54, 1.807) is 221 Å². The van der Waals surface area contributed by atoms with Gasteiger partial charge in [0.2, 0.25) is 41.6 Å². The van der Waals surface area contributed by atoms with Gasteiger partial charge in [-0.1, -0.05) is 54.1 Å². The molecule has 2 aliphatic rings. The number of aryl methyl sites for hydroxylation is 1. The molecular weight excluding hydrogens is 1460 g/mol. The Labute approximate surface area is 644 Å². The zero-order valence-corrected chi connectivity index (χ0v) is 62.0. The predicted molar refractivity (Wildman–Crippen MR) is 405 cm³/mol. The third-order valence-corrected chi connectivity index (χ3v) is 16.9. The van der Waals surface area contributed by atoms with E-state index in [4.69, 9.17) is 63.7 Å². The maximum atomic E-state index is 14.8. The number of methoxy groups -OCH3 is 4. The van der Waals surface area contributed by atoms with Gasteiger partial charge in [-0.25, -0.2) is 32.5 Å². The van der Waals surface area contributed by atoms with Crippen LogP contribution in [0.4, 0.5) is 17.6 Å². The summed E-state index contributed by atoms with van der Waals surface area (Å²) < 4.78 is 118. The van der Waals surface area contributed by atoms with Crippen molar-refractivity contribution in [3.8, 4) is 75.0 Å². The van der Waals surface area contributed by atoms with Gasteiger partial charge in [-0.3, -0.25) is 35.0 Å². The number of aromatic nitrogens is 2. The fourth-order valence-electron chi connectivity index (χ4n) is 11.4. The smallest absolute Gasteiger partial charge is 0.243 e. The third-order valence-electron chi connectivity index (χ3n) is 16.7. The van der Waals surface area contributed by atoms with E-state index < -0.39 is 56.0 Å². The second kappa shape index (κ2) is 41.0. The number of pyridine rings is 2. The van der Waals surface area contributed by atoms with Crippen molar-refractivity contribution in [3.63, 3.8) is 0 Å². The Hall–Kier alpha value is -12.8. The monoisotopic (exact) mass is 1540 g/mol. The number of carbonyl (C=O) groups excluding carboxylic acids is 4. The van der Waals surface area contributed by atoms with Crippen LogP contribution < -0.4 is 58.2 Å². The van der Waals surface area contributed by atoms with Gasteiger partial charge in [0.25, 0.3) is 0 Å². The average Bonchev–Trinajstić information content (AvgIpc) is 0.800. The van der Waals surface area contributed by atoms with Gasteiger partial charge in [-0.15, -0.1) is 0 Å². The van der Waals surface area contributed by atoms with Crippen molar-refractivity contribution in [3.05, 3.63) is 281 Å². The molecule has 9 aromatic rings. The molecule has 2 aliphatic heterocycles. The summed E-state index contributed by atoms with van der Waals surface area (Å²) in [6.45, 7) is -1.74. The third kappa shape index (κ3) is 22.9. The largest absolute Gasteiger partial charge is 0.497 e. The zero-order chi connectivity index (χ0) is 78.4. The molecule has 7 aromatic carbocycles. The van der Waals surface area contributed by atoms with Gasteiger partial charge in [-0.2, -0.15) is 0 Å². The van der Waals surface area contributed by atoms with Gasteiger partial charge in [-0.05, 0) is 176 Å². The molecule has 0 saturated carbocycles. The van der Waals surface area contributed by atoms with E-state index in [0.717, 1.165) is 0 Å². The number of nitrogens with one attached hydrogen (secondary N) is 2. The maximum Gasteiger partial charge on any atom is 0.243 e. The van der Waals surface area contributed by atoms with E-state index in [-0.39, 0.29) is 87.7 Å². The van der Waals surface area contributed by atoms with E-state index >= 15 is 0 Å². The minimum Gasteiger partial charge on any atom is -0.497 e. The number of amides is 4. The number of ether oxygens (including phenoxy) is 11. The van der Waals surface area contributed by atoms with Gasteiger partial charge >= 0.3 is 0 Å². The average molecular weight is 1540 g/mol. The molecule has 0 fully saturated rings. The molecule has 0 radical (unpaired) electrons. The zero-order valence-electron chi connectivity index (χ0n) is 61.3. The predicted octanol–water partition coefficient (Wildman–Crippen LogP) is 15.1. The SMILES string of the molecule is COc1ccc(OCCF)c(CN(C(C)=O)C2=CC=CN(NC(=O)Cc3cccnc3Oc3ccccc3F)C2Oc2ccccc2)c1.COc1ccc(Oc2ccc(OC)cc2CCC(=O)NN2C=CC=C(N(Cc3cc(OC)ccc3OCCF)C(=O)Cc3cccnc3Oc3ccc(Cl)cc3)C2OCCF)cc1. The van der Waals surface area contributed by atoms with Crippen LogP contribution in [-0.2, 0) is 56.3 Å². The fraction of sp³-hybridized carbons (Fsp3) is 0.229. The minimum absolute atomic E-state index is 0.00944. The first-order valence-electron chi connectivity index (χ1n) is 34.9. The Kier molecular flexibility index (Phi) is 29.8. The first-order chi connectivity index (χ1) is 54.1. The molecule has 2 aromatic heterocycles. The van der Waals surface area contributed by atoms with E-state index in [1.807, 2.05) is 6.07 Å². The molecule has 2 atom stereocenters. The summed E-state index contributed by atoms with van der Waals surface area (Å²) in [5, 5.41) is 3.34. The molecule has 4 amide bonds. The Bertz CT molecular complexity index is 4740. The number of allylic oxidation sites excluding steroid dienone is 4. The summed E-state index contributed by atoms with van der Waals surface area (Å²) >= 11 is 6.08. The molecule has 23 nitrogen and oxygen atoms in total. The van der Waals surface area contributed by atoms with Crippen LogP contribution in [-0.4, -0.2) is 134 Å². The van der Waals surface area contributed by atoms with E-state index in [0.29, 0.717) is 96.0 Å². The Morgan fingerprint density at radius 3 is 1.56 bits per heavy atom. The first-order valence-corrected chi connectivity index (χ1v) is 35.3. The number of nitrogens with zero attached hydrogens (tertiary/aromatic N) is 6. The number of para-hydroxylation sites is 2. The van der Waals surface area contributed by atoms with Gasteiger partial charge in [0, 0.05) is 65.4 Å². The van der Waals surface area contributed by atoms with Gasteiger partial charge in [0.1, 0.15) is 90.7 Å². The van der Waals surface area contributed by atoms with E-state index in [9.17, 15) is 36.7 Å². The van der Waals surface area contributed by atoms with Crippen molar-refractivity contribution in [1.82, 2.24) is 40.6 Å². The van der Waals surface area contributed by atoms with Gasteiger partial charge < -0.3 is 61.9 Å². The molecule has 11 rings (SSSR count). The van der Waals surface area contributed by atoms with Crippen molar-refractivity contribution < 1.29 is 88.8 Å². The Morgan fingerprint density at radius 1 is 0.477 bits per heavy atom. The number of halogens is 5. The second-order valence-electron chi connectivity index (χ2n) is 24.2. The lowest BCUT2D eigenvalue weighted by Gasteiger charge is -2.38. The Morgan fingerprint density at radius 2 is 0.973 bits per heavy atom. The second-order valence-corrected chi connectivity index (χ2v) is 24.6. The van der Waals surface area contributed by atoms with E-state index in [2.05, 4.69) is 20.8 Å². The molecule has 0 spiro atoms. The van der Waals surface area contributed by atoms with Crippen molar-refractivity contribution in [1.29, 1.82) is 0 Å². The van der Waals surface area contributed by atoms with Crippen LogP contribution in [0.1, 0.15) is 41.2 Å². The highest BCUT2D eigenvalue weighted by Crippen LogP contribution is 2.36. The normalized spacial score (nSPS) is 13.4. The quantitative estimate of drug-likeness (QED) is 0.0347. The molecule has 2 N–H and O–H groups in total. The molecule has 0 aliphatic carbocycles. The summed E-state index contributed by atoms with van der Waals surface area (Å²) in [6, 6.07) is 50.7. The van der Waals surface area contributed by atoms with Crippen LogP contribution in [0.25, 0.3) is 0 Å². The molecule has 111 heavy (non-hydrogen) atoms. The molecule has 578 valence electrons. The van der Waals surface area contributed by atoms with Crippen molar-refractivity contribution in [2.75, 3.05) is 68.3 Å². The standard InChI is InChI=1S/C47H47ClF2N4O9.C36H34F2N4O6/c1-57-36-13-15-37(16-14-36)62-43-20-18-39(58-2)28-32(43)8-21-44(55)52-54-25-5-7-41(47(54)61-27-23-50)53(31-34-29-40(59-3)17-19-42(34)60-26-22-49)45(56)30-33-6-4-24-51-46(33)63-38-11-9-35(48)10-12-38;1-25(43)41(24-27-22-29(45-2)16-17-32(27)46-21-18-37)31-14-9-20-42(36(31)47-28-11-4-3-5-12-28)40-34(44)23-26-10-8-19-39-35(26)48-33-15-7-6-13-30(33)38/h4-7,9-20,24-25,28-29,47H,8,21-23,26-27,30-31H2,1-3H3,(H,52,55);3-17,19-20,22,36H,18,21,23-24H2,1-2H3,(H,40,44). The minimum atomic E-state index is -1.19. The van der Waals surface area contributed by atoms with Crippen LogP contribution in [0.2, 0.25) is 5.02 Å². The lowest BCUT2D eigenvalue weighted by molar-refractivity contribution is -0.136. The summed E-state index contributed by atoms with van der Waals surface area (Å²) in [4.78, 5) is 66.8. The van der Waals surface area contributed by atoms with E-state index in [1.165, 1.54) is 59.3 Å². The number of carbonyl (C=O) groups is 4. The number of rotatable bonds is 36. The summed E-state index contributed by atoms with van der Waals surface area (Å²) in [5.74, 6) is 2.99. The highest BCUT2D eigenvalue weighted by molar-refractivity contribution is 6.30. The number of hydrazine groups is 2. The lowest BCUT2D eigenvalue weighted by Crippen LogP contribution is -2.53. The molecule has 2 unspecified atom stereocenters. The first kappa shape index (κ1) is 80.8. The highest BCUT2D eigenvalue weighted by atomic mass is 35.5. The number of benzene rings is 7. The molecule has 28 heteroatoms. The molecular formula is C83H81ClF4N8O15. The number of hydrogen-bond donors (Lipinski definition) is 2. The lowest BCUT2D eigenvalue weighted by atomic mass is 10.1. The van der Waals surface area contributed by atoms with Gasteiger partial charge in [0.05, 0.1) is 72.4 Å². The fourth-order valence-corrected chi connectivity index (χ4v) is 11.5. The molecule has 0 saturated heterocycles. The summed E-state index contributed by atoms with van der Waals surface area (Å²) in [5.41, 5.74) is 8.98. The highest BCUT2D eigenvalue weighted by Gasteiger charge is 2.35. The summed E-state index contributed by atoms with van der Waals surface area (Å²) in [7, 11) is 6.14. The van der Waals surface area contributed by atoms with Gasteiger partial charge in [0.15, 0.2) is 17.8 Å². The molecule has 0 bridgehead atoms. The number of hydrogen-bond acceptors (Lipinski definition) is 19. The van der Waals surface area contributed by atoms with Crippen molar-refractivity contribution in [2.24, 2.45) is 0 Å². The maximum absolute atomic E-state index is 14.8. The topological polar surface area (TPSA) is 233 Å². The van der Waals surface area contributed by atoms with Crippen LogP contribution in [0, 0.1) is 5.82 Å². The van der Waals surface area contributed by atoms with Crippen LogP contribution >= 0.6 is 11.6 Å². The Balaban J connectivity index is 0.000000245. The van der Waals surface area contributed by atoms with Crippen molar-refractivity contribution >= 4 is 35.2 Å². The molecule has 4 heterocycles.